The van der Waals surface area contributed by atoms with Gasteiger partial charge in [-0.2, -0.15) is 0 Å². The summed E-state index contributed by atoms with van der Waals surface area (Å²) in [7, 11) is 0. The largest absolute Gasteiger partial charge is 0.480 e. The van der Waals surface area contributed by atoms with Crippen LogP contribution in [0, 0.1) is 10.8 Å². The number of carboxylic acids is 1. The van der Waals surface area contributed by atoms with Crippen molar-refractivity contribution < 1.29 is 14.7 Å². The normalized spacial score (nSPS) is 20.5. The fourth-order valence-corrected chi connectivity index (χ4v) is 1.79. The molecule has 74 valence electrons. The van der Waals surface area contributed by atoms with Gasteiger partial charge in [0.25, 0.3) is 0 Å². The van der Waals surface area contributed by atoms with Gasteiger partial charge in [0.05, 0.1) is 0 Å². The van der Waals surface area contributed by atoms with Crippen molar-refractivity contribution in [3.8, 4) is 0 Å². The summed E-state index contributed by atoms with van der Waals surface area (Å²) in [6.07, 6.45) is 1.88. The van der Waals surface area contributed by atoms with E-state index in [0.29, 0.717) is 12.8 Å². The Labute approximate surface area is 78.1 Å². The van der Waals surface area contributed by atoms with E-state index in [1.165, 1.54) is 0 Å². The van der Waals surface area contributed by atoms with Gasteiger partial charge < -0.3 is 5.11 Å². The number of carboxylic acid groups (broad SMARTS) is 1. The Morgan fingerprint density at radius 3 is 1.77 bits per heavy atom. The Hall–Kier alpha value is -0.860. The van der Waals surface area contributed by atoms with Gasteiger partial charge in [0.15, 0.2) is 5.78 Å². The molecule has 0 aromatic rings. The molecule has 0 aromatic carbocycles. The van der Waals surface area contributed by atoms with Crippen LogP contribution in [0.5, 0.6) is 0 Å². The monoisotopic (exact) mass is 184 g/mol. The van der Waals surface area contributed by atoms with E-state index in [2.05, 4.69) is 0 Å². The first-order chi connectivity index (χ1) is 5.81. The molecule has 0 heterocycles. The van der Waals surface area contributed by atoms with Crippen molar-refractivity contribution in [3.05, 3.63) is 0 Å². The number of hydrogen-bond acceptors (Lipinski definition) is 2. The van der Waals surface area contributed by atoms with Gasteiger partial charge in [-0.15, -0.1) is 0 Å². The smallest absolute Gasteiger partial charge is 0.317 e. The number of hydrogen-bond donors (Lipinski definition) is 1. The number of aliphatic carboxylic acids is 1. The standard InChI is InChI=1S/C10H16O3/c1-9(2,3)7(11)10(8(12)13)5-4-6-10/h4-6H2,1-3H3,(H,12,13). The lowest BCUT2D eigenvalue weighted by molar-refractivity contribution is -0.164. The molecule has 0 aliphatic heterocycles. The summed E-state index contributed by atoms with van der Waals surface area (Å²) in [4.78, 5) is 22.8. The molecule has 1 rings (SSSR count). The SMILES string of the molecule is CC(C)(C)C(=O)C1(C(=O)O)CCC1. The minimum absolute atomic E-state index is 0.126. The third-order valence-corrected chi connectivity index (χ3v) is 2.73. The highest BCUT2D eigenvalue weighted by molar-refractivity contribution is 6.06. The van der Waals surface area contributed by atoms with Crippen LogP contribution >= 0.6 is 0 Å². The molecule has 0 radical (unpaired) electrons. The molecular formula is C10H16O3. The van der Waals surface area contributed by atoms with Gasteiger partial charge in [-0.1, -0.05) is 27.2 Å². The molecule has 0 aromatic heterocycles. The third kappa shape index (κ3) is 1.47. The Morgan fingerprint density at radius 2 is 1.69 bits per heavy atom. The molecular weight excluding hydrogens is 168 g/mol. The summed E-state index contributed by atoms with van der Waals surface area (Å²) >= 11 is 0. The second kappa shape index (κ2) is 2.82. The maximum Gasteiger partial charge on any atom is 0.317 e. The molecule has 0 unspecified atom stereocenters. The zero-order valence-electron chi connectivity index (χ0n) is 8.39. The van der Waals surface area contributed by atoms with E-state index in [4.69, 9.17) is 5.11 Å². The Kier molecular flexibility index (Phi) is 2.22. The maximum absolute atomic E-state index is 11.8. The molecule has 1 saturated carbocycles. The van der Waals surface area contributed by atoms with E-state index in [-0.39, 0.29) is 5.78 Å². The Balaban J connectivity index is 2.91. The molecule has 13 heavy (non-hydrogen) atoms. The molecule has 0 atom stereocenters. The fraction of sp³-hybridized carbons (Fsp3) is 0.800. The lowest BCUT2D eigenvalue weighted by Gasteiger charge is -2.40. The van der Waals surface area contributed by atoms with Crippen molar-refractivity contribution in [2.75, 3.05) is 0 Å². The average Bonchev–Trinajstić information content (AvgIpc) is 1.81. The first kappa shape index (κ1) is 10.2. The predicted molar refractivity (Wildman–Crippen MR) is 48.4 cm³/mol. The van der Waals surface area contributed by atoms with Crippen molar-refractivity contribution in [2.24, 2.45) is 10.8 Å². The van der Waals surface area contributed by atoms with Crippen molar-refractivity contribution in [2.45, 2.75) is 40.0 Å². The van der Waals surface area contributed by atoms with Crippen molar-refractivity contribution in [3.63, 3.8) is 0 Å². The highest BCUT2D eigenvalue weighted by Gasteiger charge is 2.53. The number of rotatable bonds is 2. The van der Waals surface area contributed by atoms with Crippen LogP contribution in [0.3, 0.4) is 0 Å². The molecule has 0 saturated heterocycles. The van der Waals surface area contributed by atoms with Crippen LogP contribution in [0.2, 0.25) is 0 Å². The highest BCUT2D eigenvalue weighted by atomic mass is 16.4. The molecule has 0 amide bonds. The van der Waals surface area contributed by atoms with Gasteiger partial charge in [0.2, 0.25) is 0 Å². The van der Waals surface area contributed by atoms with Crippen LogP contribution in [0.1, 0.15) is 40.0 Å². The van der Waals surface area contributed by atoms with Crippen molar-refractivity contribution >= 4 is 11.8 Å². The predicted octanol–water partition coefficient (Wildman–Crippen LogP) is 1.86. The summed E-state index contributed by atoms with van der Waals surface area (Å²) in [5.41, 5.74) is -1.60. The van der Waals surface area contributed by atoms with Gasteiger partial charge in [0, 0.05) is 5.41 Å². The minimum atomic E-state index is -1.06. The lowest BCUT2D eigenvalue weighted by Crippen LogP contribution is -2.49. The third-order valence-electron chi connectivity index (χ3n) is 2.73. The number of Topliss-reactive ketones (excluding diaryl/α,β-unsaturated/α-hetero) is 1. The Bertz CT molecular complexity index is 243. The molecule has 3 nitrogen and oxygen atoms in total. The van der Waals surface area contributed by atoms with Gasteiger partial charge in [-0.05, 0) is 12.8 Å². The zero-order chi connectivity index (χ0) is 10.3. The average molecular weight is 184 g/mol. The molecule has 0 spiro atoms. The number of ketones is 1. The van der Waals surface area contributed by atoms with Crippen LogP contribution in [0.4, 0.5) is 0 Å². The van der Waals surface area contributed by atoms with E-state index in [0.717, 1.165) is 6.42 Å². The van der Waals surface area contributed by atoms with Crippen LogP contribution < -0.4 is 0 Å². The van der Waals surface area contributed by atoms with Crippen LogP contribution in [0.15, 0.2) is 0 Å². The summed E-state index contributed by atoms with van der Waals surface area (Å²) < 4.78 is 0. The summed E-state index contributed by atoms with van der Waals surface area (Å²) in [6, 6.07) is 0. The van der Waals surface area contributed by atoms with E-state index in [1.807, 2.05) is 0 Å². The summed E-state index contributed by atoms with van der Waals surface area (Å²) in [5, 5.41) is 9.00. The van der Waals surface area contributed by atoms with Crippen LogP contribution in [-0.4, -0.2) is 16.9 Å². The second-order valence-corrected chi connectivity index (χ2v) is 4.82. The second-order valence-electron chi connectivity index (χ2n) is 4.82. The minimum Gasteiger partial charge on any atom is -0.480 e. The zero-order valence-corrected chi connectivity index (χ0v) is 8.39. The van der Waals surface area contributed by atoms with Gasteiger partial charge >= 0.3 is 5.97 Å². The quantitative estimate of drug-likeness (QED) is 0.666. The molecule has 0 bridgehead atoms. The maximum atomic E-state index is 11.8. The van der Waals surface area contributed by atoms with Gasteiger partial charge in [-0.3, -0.25) is 9.59 Å². The van der Waals surface area contributed by atoms with Gasteiger partial charge in [-0.25, -0.2) is 0 Å². The topological polar surface area (TPSA) is 54.4 Å². The molecule has 1 fully saturated rings. The van der Waals surface area contributed by atoms with E-state index in [1.54, 1.807) is 20.8 Å². The fourth-order valence-electron chi connectivity index (χ4n) is 1.79. The molecule has 1 N–H and O–H groups in total. The van der Waals surface area contributed by atoms with Crippen LogP contribution in [-0.2, 0) is 9.59 Å². The highest BCUT2D eigenvalue weighted by Crippen LogP contribution is 2.46. The molecule has 3 heteroatoms. The van der Waals surface area contributed by atoms with E-state index in [9.17, 15) is 9.59 Å². The number of carbonyl (C=O) groups excluding carboxylic acids is 1. The van der Waals surface area contributed by atoms with Crippen LogP contribution in [0.25, 0.3) is 0 Å². The first-order valence-electron chi connectivity index (χ1n) is 4.59. The van der Waals surface area contributed by atoms with Crippen molar-refractivity contribution in [1.82, 2.24) is 0 Å². The van der Waals surface area contributed by atoms with Crippen molar-refractivity contribution in [1.29, 1.82) is 0 Å². The summed E-state index contributed by atoms with van der Waals surface area (Å²) in [5.74, 6) is -1.07. The van der Waals surface area contributed by atoms with Gasteiger partial charge in [0.1, 0.15) is 5.41 Å². The summed E-state index contributed by atoms with van der Waals surface area (Å²) in [6.45, 7) is 5.33. The molecule has 1 aliphatic rings. The lowest BCUT2D eigenvalue weighted by atomic mass is 9.60. The number of carbonyl (C=O) groups is 2. The first-order valence-corrected chi connectivity index (χ1v) is 4.59. The molecule has 1 aliphatic carbocycles. The van der Waals surface area contributed by atoms with E-state index < -0.39 is 16.8 Å². The Morgan fingerprint density at radius 1 is 1.23 bits per heavy atom. The van der Waals surface area contributed by atoms with E-state index >= 15 is 0 Å².